The Morgan fingerprint density at radius 1 is 1.44 bits per heavy atom. The van der Waals surface area contributed by atoms with Crippen LogP contribution in [0.25, 0.3) is 0 Å². The summed E-state index contributed by atoms with van der Waals surface area (Å²) in [7, 11) is 0. The lowest BCUT2D eigenvalue weighted by Gasteiger charge is -2.27. The Hall–Kier alpha value is -1.81. The number of phenols is 1. The summed E-state index contributed by atoms with van der Waals surface area (Å²) in [6.45, 7) is 5.92. The second kappa shape index (κ2) is 5.69. The number of morpholine rings is 1. The number of benzene rings is 1. The first-order valence-electron chi connectivity index (χ1n) is 6.03. The number of carbonyl (C=O) groups excluding carboxylic acids is 1. The number of carbonyl (C=O) groups is 1. The molecular weight excluding hydrogens is 230 g/mol. The van der Waals surface area contributed by atoms with Crippen LogP contribution in [-0.2, 0) is 11.2 Å². The summed E-state index contributed by atoms with van der Waals surface area (Å²) in [5, 5.41) is 9.91. The number of amides is 1. The first-order valence-corrected chi connectivity index (χ1v) is 6.03. The molecule has 1 aliphatic rings. The number of phenolic OH excluding ortho intramolecular Hbond substituents is 1. The van der Waals surface area contributed by atoms with Crippen molar-refractivity contribution < 1.29 is 14.6 Å². The van der Waals surface area contributed by atoms with Gasteiger partial charge in [0.15, 0.2) is 0 Å². The molecule has 4 heteroatoms. The molecule has 0 aromatic heterocycles. The maximum atomic E-state index is 12.4. The van der Waals surface area contributed by atoms with Crippen LogP contribution in [-0.4, -0.2) is 42.2 Å². The van der Waals surface area contributed by atoms with Crippen LogP contribution in [0, 0.1) is 0 Å². The van der Waals surface area contributed by atoms with Gasteiger partial charge >= 0.3 is 0 Å². The molecule has 1 aromatic carbocycles. The zero-order valence-electron chi connectivity index (χ0n) is 10.3. The van der Waals surface area contributed by atoms with Gasteiger partial charge in [-0.3, -0.25) is 4.79 Å². The molecule has 18 heavy (non-hydrogen) atoms. The maximum absolute atomic E-state index is 12.4. The van der Waals surface area contributed by atoms with Crippen molar-refractivity contribution in [3.8, 4) is 5.75 Å². The van der Waals surface area contributed by atoms with E-state index in [1.807, 2.05) is 6.07 Å². The van der Waals surface area contributed by atoms with Gasteiger partial charge in [0.05, 0.1) is 18.8 Å². The van der Waals surface area contributed by atoms with E-state index >= 15 is 0 Å². The highest BCUT2D eigenvalue weighted by molar-refractivity contribution is 5.98. The van der Waals surface area contributed by atoms with E-state index < -0.39 is 0 Å². The SMILES string of the molecule is C=CCc1cccc(O)c1C(=O)N1CCOCC1. The summed E-state index contributed by atoms with van der Waals surface area (Å²) >= 11 is 0. The van der Waals surface area contributed by atoms with Gasteiger partial charge in [0.1, 0.15) is 5.75 Å². The third kappa shape index (κ3) is 2.54. The summed E-state index contributed by atoms with van der Waals surface area (Å²) in [4.78, 5) is 14.1. The summed E-state index contributed by atoms with van der Waals surface area (Å²) in [6.07, 6.45) is 2.30. The second-order valence-electron chi connectivity index (χ2n) is 4.21. The Balaban J connectivity index is 2.30. The standard InChI is InChI=1S/C14H17NO3/c1-2-4-11-5-3-6-12(16)13(11)14(17)15-7-9-18-10-8-15/h2-3,5-6,16H,1,4,7-10H2. The number of aromatic hydroxyl groups is 1. The molecule has 4 nitrogen and oxygen atoms in total. The third-order valence-electron chi connectivity index (χ3n) is 3.01. The molecule has 1 heterocycles. The molecule has 0 unspecified atom stereocenters. The number of allylic oxidation sites excluding steroid dienone is 1. The van der Waals surface area contributed by atoms with Crippen LogP contribution < -0.4 is 0 Å². The van der Waals surface area contributed by atoms with Crippen molar-refractivity contribution in [2.45, 2.75) is 6.42 Å². The van der Waals surface area contributed by atoms with Gasteiger partial charge in [-0.2, -0.15) is 0 Å². The van der Waals surface area contributed by atoms with E-state index in [1.165, 1.54) is 0 Å². The number of hydrogen-bond acceptors (Lipinski definition) is 3. The molecule has 1 saturated heterocycles. The molecule has 1 amide bonds. The molecule has 2 rings (SSSR count). The van der Waals surface area contributed by atoms with Crippen molar-refractivity contribution in [3.05, 3.63) is 42.0 Å². The summed E-state index contributed by atoms with van der Waals surface area (Å²) < 4.78 is 5.22. The Morgan fingerprint density at radius 3 is 2.83 bits per heavy atom. The maximum Gasteiger partial charge on any atom is 0.258 e. The van der Waals surface area contributed by atoms with Crippen molar-refractivity contribution in [1.82, 2.24) is 4.90 Å². The topological polar surface area (TPSA) is 49.8 Å². The van der Waals surface area contributed by atoms with Gasteiger partial charge in [-0.05, 0) is 18.1 Å². The van der Waals surface area contributed by atoms with E-state index in [9.17, 15) is 9.90 Å². The molecule has 0 radical (unpaired) electrons. The highest BCUT2D eigenvalue weighted by Crippen LogP contribution is 2.24. The van der Waals surface area contributed by atoms with Crippen molar-refractivity contribution in [2.75, 3.05) is 26.3 Å². The Labute approximate surface area is 106 Å². The van der Waals surface area contributed by atoms with Crippen LogP contribution in [0.1, 0.15) is 15.9 Å². The van der Waals surface area contributed by atoms with Gasteiger partial charge in [-0.25, -0.2) is 0 Å². The molecule has 1 aliphatic heterocycles. The fourth-order valence-corrected chi connectivity index (χ4v) is 2.08. The largest absolute Gasteiger partial charge is 0.507 e. The predicted molar refractivity (Wildman–Crippen MR) is 68.7 cm³/mol. The van der Waals surface area contributed by atoms with Gasteiger partial charge < -0.3 is 14.7 Å². The highest BCUT2D eigenvalue weighted by Gasteiger charge is 2.23. The number of hydrogen-bond donors (Lipinski definition) is 1. The average Bonchev–Trinajstić information content (AvgIpc) is 2.40. The van der Waals surface area contributed by atoms with E-state index in [0.717, 1.165) is 5.56 Å². The van der Waals surface area contributed by atoms with Gasteiger partial charge in [0.2, 0.25) is 0 Å². The van der Waals surface area contributed by atoms with Gasteiger partial charge in [-0.1, -0.05) is 18.2 Å². The van der Waals surface area contributed by atoms with Gasteiger partial charge in [0.25, 0.3) is 5.91 Å². The highest BCUT2D eigenvalue weighted by atomic mass is 16.5. The van der Waals surface area contributed by atoms with Crippen LogP contribution in [0.5, 0.6) is 5.75 Å². The molecule has 1 fully saturated rings. The number of nitrogens with zero attached hydrogens (tertiary/aromatic N) is 1. The lowest BCUT2D eigenvalue weighted by atomic mass is 10.0. The quantitative estimate of drug-likeness (QED) is 0.825. The number of ether oxygens (including phenoxy) is 1. The third-order valence-corrected chi connectivity index (χ3v) is 3.01. The van der Waals surface area contributed by atoms with Crippen LogP contribution in [0.4, 0.5) is 0 Å². The van der Waals surface area contributed by atoms with Crippen molar-refractivity contribution in [2.24, 2.45) is 0 Å². The summed E-state index contributed by atoms with van der Waals surface area (Å²) in [6, 6.07) is 5.12. The molecule has 1 N–H and O–H groups in total. The second-order valence-corrected chi connectivity index (χ2v) is 4.21. The Kier molecular flexibility index (Phi) is 3.99. The molecule has 0 aliphatic carbocycles. The lowest BCUT2D eigenvalue weighted by Crippen LogP contribution is -2.41. The fourth-order valence-electron chi connectivity index (χ4n) is 2.08. The molecule has 1 aromatic rings. The van der Waals surface area contributed by atoms with E-state index in [4.69, 9.17) is 4.74 Å². The van der Waals surface area contributed by atoms with Gasteiger partial charge in [0, 0.05) is 13.1 Å². The lowest BCUT2D eigenvalue weighted by molar-refractivity contribution is 0.0300. The van der Waals surface area contributed by atoms with E-state index in [1.54, 1.807) is 23.1 Å². The summed E-state index contributed by atoms with van der Waals surface area (Å²) in [5.41, 5.74) is 1.20. The average molecular weight is 247 g/mol. The molecule has 0 saturated carbocycles. The molecule has 0 atom stereocenters. The first-order chi connectivity index (χ1) is 8.74. The fraction of sp³-hybridized carbons (Fsp3) is 0.357. The first kappa shape index (κ1) is 12.6. The van der Waals surface area contributed by atoms with Crippen molar-refractivity contribution >= 4 is 5.91 Å². The van der Waals surface area contributed by atoms with Crippen LogP contribution in [0.2, 0.25) is 0 Å². The minimum atomic E-state index is -0.131. The van der Waals surface area contributed by atoms with Crippen LogP contribution >= 0.6 is 0 Å². The summed E-state index contributed by atoms with van der Waals surface area (Å²) in [5.74, 6) is -0.0981. The van der Waals surface area contributed by atoms with Crippen LogP contribution in [0.3, 0.4) is 0 Å². The molecule has 0 spiro atoms. The van der Waals surface area contributed by atoms with E-state index in [0.29, 0.717) is 38.3 Å². The van der Waals surface area contributed by atoms with Gasteiger partial charge in [-0.15, -0.1) is 6.58 Å². The predicted octanol–water partition coefficient (Wildman–Crippen LogP) is 1.59. The molecule has 0 bridgehead atoms. The Bertz CT molecular complexity index is 450. The number of rotatable bonds is 3. The van der Waals surface area contributed by atoms with E-state index in [2.05, 4.69) is 6.58 Å². The normalized spacial score (nSPS) is 15.4. The van der Waals surface area contributed by atoms with Crippen molar-refractivity contribution in [1.29, 1.82) is 0 Å². The Morgan fingerprint density at radius 2 is 2.17 bits per heavy atom. The zero-order valence-corrected chi connectivity index (χ0v) is 10.3. The molecular formula is C14H17NO3. The van der Waals surface area contributed by atoms with E-state index in [-0.39, 0.29) is 11.7 Å². The smallest absolute Gasteiger partial charge is 0.258 e. The van der Waals surface area contributed by atoms with Crippen LogP contribution in [0.15, 0.2) is 30.9 Å². The van der Waals surface area contributed by atoms with Crippen molar-refractivity contribution in [3.63, 3.8) is 0 Å². The minimum absolute atomic E-state index is 0.0332. The zero-order chi connectivity index (χ0) is 13.0. The molecule has 96 valence electrons. The monoisotopic (exact) mass is 247 g/mol. The minimum Gasteiger partial charge on any atom is -0.507 e.